The van der Waals surface area contributed by atoms with Crippen LogP contribution in [0, 0.1) is 0 Å². The molecule has 4 aromatic carbocycles. The molecule has 4 aromatic rings. The van der Waals surface area contributed by atoms with E-state index in [0.717, 1.165) is 56.4 Å². The molecule has 2 aliphatic heterocycles. The molecule has 4 nitrogen and oxygen atoms in total. The zero-order chi connectivity index (χ0) is 22.7. The smallest absolute Gasteiger partial charge is 0.161 e. The second-order valence-corrected chi connectivity index (χ2v) is 8.29. The SMILES string of the molecule is C(=C\c1ccc(-c2ccc3c(c2)OCCO3)cc1)/c1ccc(-c2ccc3c(c2)OCCO3)cc1. The molecule has 168 valence electrons. The standard InChI is InChI=1S/C30H24O4/c1(21-3-7-23(8-4-21)25-11-13-27-29(19-25)33-17-15-31-27)2-22-5-9-24(10-6-22)26-12-14-28-30(20-26)34-18-16-32-28/h1-14,19-20H,15-18H2/b2-1+. The van der Waals surface area contributed by atoms with E-state index in [-0.39, 0.29) is 0 Å². The van der Waals surface area contributed by atoms with Gasteiger partial charge in [-0.15, -0.1) is 0 Å². The lowest BCUT2D eigenvalue weighted by Crippen LogP contribution is -2.15. The maximum absolute atomic E-state index is 5.71. The number of hydrogen-bond acceptors (Lipinski definition) is 4. The van der Waals surface area contributed by atoms with E-state index >= 15 is 0 Å². The molecule has 34 heavy (non-hydrogen) atoms. The van der Waals surface area contributed by atoms with Crippen LogP contribution >= 0.6 is 0 Å². The van der Waals surface area contributed by atoms with Crippen molar-refractivity contribution in [3.63, 3.8) is 0 Å². The average Bonchev–Trinajstić information content (AvgIpc) is 2.92. The fourth-order valence-corrected chi connectivity index (χ4v) is 4.21. The number of hydrogen-bond donors (Lipinski definition) is 0. The lowest BCUT2D eigenvalue weighted by molar-refractivity contribution is 0.171. The Morgan fingerprint density at radius 2 is 0.735 bits per heavy atom. The van der Waals surface area contributed by atoms with Crippen LogP contribution in [0.1, 0.15) is 11.1 Å². The minimum absolute atomic E-state index is 0.595. The minimum Gasteiger partial charge on any atom is -0.486 e. The van der Waals surface area contributed by atoms with E-state index in [1.165, 1.54) is 0 Å². The van der Waals surface area contributed by atoms with Crippen molar-refractivity contribution in [3.05, 3.63) is 96.1 Å². The molecular weight excluding hydrogens is 424 g/mol. The van der Waals surface area contributed by atoms with Crippen LogP contribution in [0.3, 0.4) is 0 Å². The van der Waals surface area contributed by atoms with Crippen LogP contribution < -0.4 is 18.9 Å². The molecule has 0 atom stereocenters. The Balaban J connectivity index is 1.15. The first-order valence-corrected chi connectivity index (χ1v) is 11.5. The van der Waals surface area contributed by atoms with Gasteiger partial charge in [-0.3, -0.25) is 0 Å². The molecule has 0 radical (unpaired) electrons. The largest absolute Gasteiger partial charge is 0.486 e. The summed E-state index contributed by atoms with van der Waals surface area (Å²) in [5.74, 6) is 3.25. The van der Waals surface area contributed by atoms with Crippen LogP contribution in [0.4, 0.5) is 0 Å². The normalized spacial score (nSPS) is 14.2. The van der Waals surface area contributed by atoms with Crippen molar-refractivity contribution >= 4 is 12.2 Å². The minimum atomic E-state index is 0.595. The van der Waals surface area contributed by atoms with Gasteiger partial charge in [0.05, 0.1) is 0 Å². The van der Waals surface area contributed by atoms with Crippen LogP contribution in [0.2, 0.25) is 0 Å². The van der Waals surface area contributed by atoms with Crippen molar-refractivity contribution < 1.29 is 18.9 Å². The molecule has 0 amide bonds. The van der Waals surface area contributed by atoms with Gasteiger partial charge in [0.15, 0.2) is 23.0 Å². The summed E-state index contributed by atoms with van der Waals surface area (Å²) in [5, 5.41) is 0. The van der Waals surface area contributed by atoms with Gasteiger partial charge < -0.3 is 18.9 Å². The first kappa shape index (κ1) is 20.4. The Labute approximate surface area is 199 Å². The summed E-state index contributed by atoms with van der Waals surface area (Å²) < 4.78 is 22.7. The molecule has 0 fully saturated rings. The summed E-state index contributed by atoms with van der Waals surface area (Å²) in [5.41, 5.74) is 6.84. The lowest BCUT2D eigenvalue weighted by atomic mass is 10.0. The summed E-state index contributed by atoms with van der Waals surface area (Å²) in [4.78, 5) is 0. The summed E-state index contributed by atoms with van der Waals surface area (Å²) in [6.07, 6.45) is 4.26. The van der Waals surface area contributed by atoms with E-state index in [9.17, 15) is 0 Å². The highest BCUT2D eigenvalue weighted by Crippen LogP contribution is 2.36. The molecule has 6 rings (SSSR count). The van der Waals surface area contributed by atoms with Gasteiger partial charge in [-0.2, -0.15) is 0 Å². The molecule has 0 aromatic heterocycles. The van der Waals surface area contributed by atoms with Crippen LogP contribution in [-0.2, 0) is 0 Å². The van der Waals surface area contributed by atoms with Crippen molar-refractivity contribution in [2.45, 2.75) is 0 Å². The Kier molecular flexibility index (Phi) is 5.40. The monoisotopic (exact) mass is 448 g/mol. The van der Waals surface area contributed by atoms with E-state index in [1.807, 2.05) is 24.3 Å². The van der Waals surface area contributed by atoms with Crippen LogP contribution in [0.15, 0.2) is 84.9 Å². The summed E-state index contributed by atoms with van der Waals surface area (Å²) in [6.45, 7) is 2.40. The van der Waals surface area contributed by atoms with E-state index in [4.69, 9.17) is 18.9 Å². The van der Waals surface area contributed by atoms with E-state index in [2.05, 4.69) is 72.8 Å². The van der Waals surface area contributed by atoms with Crippen molar-refractivity contribution in [2.24, 2.45) is 0 Å². The first-order chi connectivity index (χ1) is 16.8. The summed E-state index contributed by atoms with van der Waals surface area (Å²) in [6, 6.07) is 29.3. The third-order valence-corrected chi connectivity index (χ3v) is 6.04. The van der Waals surface area contributed by atoms with Gasteiger partial charge in [0.2, 0.25) is 0 Å². The third kappa shape index (κ3) is 4.23. The first-order valence-electron chi connectivity index (χ1n) is 11.5. The van der Waals surface area contributed by atoms with Gasteiger partial charge >= 0.3 is 0 Å². The van der Waals surface area contributed by atoms with Gasteiger partial charge in [0.1, 0.15) is 26.4 Å². The van der Waals surface area contributed by atoms with Crippen LogP contribution in [0.5, 0.6) is 23.0 Å². The predicted octanol–water partition coefficient (Wildman–Crippen LogP) is 6.73. The maximum atomic E-state index is 5.71. The number of fused-ring (bicyclic) bond motifs is 2. The molecule has 2 aliphatic rings. The molecule has 0 saturated carbocycles. The van der Waals surface area contributed by atoms with Gasteiger partial charge in [0, 0.05) is 0 Å². The van der Waals surface area contributed by atoms with Gasteiger partial charge in [-0.1, -0.05) is 72.8 Å². The van der Waals surface area contributed by atoms with Gasteiger partial charge in [-0.25, -0.2) is 0 Å². The Morgan fingerprint density at radius 1 is 0.382 bits per heavy atom. The van der Waals surface area contributed by atoms with Crippen molar-refractivity contribution in [2.75, 3.05) is 26.4 Å². The highest BCUT2D eigenvalue weighted by Gasteiger charge is 2.13. The average molecular weight is 449 g/mol. The molecule has 4 heteroatoms. The maximum Gasteiger partial charge on any atom is 0.161 e. The highest BCUT2D eigenvalue weighted by atomic mass is 16.6. The Hall–Kier alpha value is -4.18. The van der Waals surface area contributed by atoms with Crippen LogP contribution in [-0.4, -0.2) is 26.4 Å². The third-order valence-electron chi connectivity index (χ3n) is 6.04. The molecule has 0 bridgehead atoms. The molecule has 0 saturated heterocycles. The molecular formula is C30H24O4. The highest BCUT2D eigenvalue weighted by molar-refractivity contribution is 5.75. The topological polar surface area (TPSA) is 36.9 Å². The Bertz CT molecular complexity index is 1230. The van der Waals surface area contributed by atoms with Gasteiger partial charge in [-0.05, 0) is 57.6 Å². The lowest BCUT2D eigenvalue weighted by Gasteiger charge is -2.19. The molecule has 0 spiro atoms. The van der Waals surface area contributed by atoms with Crippen molar-refractivity contribution in [3.8, 4) is 45.3 Å². The quantitative estimate of drug-likeness (QED) is 0.324. The fraction of sp³-hybridized carbons (Fsp3) is 0.133. The molecule has 0 unspecified atom stereocenters. The van der Waals surface area contributed by atoms with E-state index < -0.39 is 0 Å². The zero-order valence-corrected chi connectivity index (χ0v) is 18.7. The second kappa shape index (κ2) is 8.99. The second-order valence-electron chi connectivity index (χ2n) is 8.29. The summed E-state index contributed by atoms with van der Waals surface area (Å²) in [7, 11) is 0. The van der Waals surface area contributed by atoms with Crippen LogP contribution in [0.25, 0.3) is 34.4 Å². The predicted molar refractivity (Wildman–Crippen MR) is 135 cm³/mol. The number of ether oxygens (including phenoxy) is 4. The molecule has 2 heterocycles. The fourth-order valence-electron chi connectivity index (χ4n) is 4.21. The Morgan fingerprint density at radius 3 is 1.15 bits per heavy atom. The molecule has 0 aliphatic carbocycles. The zero-order valence-electron chi connectivity index (χ0n) is 18.7. The van der Waals surface area contributed by atoms with Gasteiger partial charge in [0.25, 0.3) is 0 Å². The van der Waals surface area contributed by atoms with E-state index in [1.54, 1.807) is 0 Å². The van der Waals surface area contributed by atoms with E-state index in [0.29, 0.717) is 26.4 Å². The number of rotatable bonds is 4. The number of benzene rings is 4. The summed E-state index contributed by atoms with van der Waals surface area (Å²) >= 11 is 0. The molecule has 0 N–H and O–H groups in total. The van der Waals surface area contributed by atoms with Crippen molar-refractivity contribution in [1.29, 1.82) is 0 Å². The van der Waals surface area contributed by atoms with Crippen molar-refractivity contribution in [1.82, 2.24) is 0 Å².